The van der Waals surface area contributed by atoms with Crippen LogP contribution in [0.25, 0.3) is 0 Å². The lowest BCUT2D eigenvalue weighted by Gasteiger charge is -2.30. The fourth-order valence-corrected chi connectivity index (χ4v) is 3.99. The normalized spacial score (nSPS) is 15.0. The highest BCUT2D eigenvalue weighted by molar-refractivity contribution is 14.0. The number of aliphatic imine (C=N–C) groups is 1. The lowest BCUT2D eigenvalue weighted by Crippen LogP contribution is -2.42. The number of benzene rings is 2. The van der Waals surface area contributed by atoms with Crippen molar-refractivity contribution in [2.24, 2.45) is 4.99 Å². The quantitative estimate of drug-likeness (QED) is 0.248. The first kappa shape index (κ1) is 26.1. The number of phenolic OH excluding ortho intramolecular Hbond substituents is 1. The molecule has 1 unspecified atom stereocenters. The van der Waals surface area contributed by atoms with Crippen LogP contribution < -0.4 is 20.1 Å². The Morgan fingerprint density at radius 1 is 1.03 bits per heavy atom. The Morgan fingerprint density at radius 3 is 2.41 bits per heavy atom. The second-order valence-corrected chi connectivity index (χ2v) is 7.54. The molecule has 0 aromatic heterocycles. The van der Waals surface area contributed by atoms with Gasteiger partial charge in [0.2, 0.25) is 0 Å². The van der Waals surface area contributed by atoms with E-state index >= 15 is 0 Å². The summed E-state index contributed by atoms with van der Waals surface area (Å²) < 4.78 is 10.8. The molecule has 0 saturated carbocycles. The molecule has 8 heteroatoms. The van der Waals surface area contributed by atoms with Gasteiger partial charge in [0.25, 0.3) is 0 Å². The van der Waals surface area contributed by atoms with Gasteiger partial charge in [0.05, 0.1) is 26.8 Å². The van der Waals surface area contributed by atoms with Crippen LogP contribution in [-0.4, -0.2) is 56.4 Å². The van der Waals surface area contributed by atoms with Gasteiger partial charge >= 0.3 is 0 Å². The minimum atomic E-state index is 0. The standard InChI is InChI=1S/C24H34N4O3.HI/c1-4-25-24(26-16-18-10-9-13-22(31-3)23(18)29)27-17-20(28-14-7-8-15-28)19-11-5-6-12-21(19)30-2;/h5-6,9-13,20,29H,4,7-8,14-17H2,1-3H3,(H2,25,26,27);1H. The molecule has 0 spiro atoms. The first-order valence-corrected chi connectivity index (χ1v) is 10.9. The number of guanidine groups is 1. The zero-order valence-electron chi connectivity index (χ0n) is 19.1. The van der Waals surface area contributed by atoms with Crippen molar-refractivity contribution >= 4 is 29.9 Å². The van der Waals surface area contributed by atoms with Crippen molar-refractivity contribution < 1.29 is 14.6 Å². The minimum absolute atomic E-state index is 0. The number of likely N-dealkylation sites (tertiary alicyclic amines) is 1. The van der Waals surface area contributed by atoms with Crippen LogP contribution in [0, 0.1) is 0 Å². The maximum atomic E-state index is 10.3. The summed E-state index contributed by atoms with van der Waals surface area (Å²) in [7, 11) is 3.27. The number of hydrogen-bond acceptors (Lipinski definition) is 5. The molecule has 0 bridgehead atoms. The molecule has 0 aliphatic carbocycles. The maximum absolute atomic E-state index is 10.3. The summed E-state index contributed by atoms with van der Waals surface area (Å²) in [6.45, 7) is 6.00. The van der Waals surface area contributed by atoms with Gasteiger partial charge in [0, 0.05) is 24.2 Å². The molecule has 32 heavy (non-hydrogen) atoms. The lowest BCUT2D eigenvalue weighted by atomic mass is 10.0. The minimum Gasteiger partial charge on any atom is -0.504 e. The third kappa shape index (κ3) is 6.65. The van der Waals surface area contributed by atoms with Gasteiger partial charge in [0.15, 0.2) is 17.5 Å². The van der Waals surface area contributed by atoms with Gasteiger partial charge in [0.1, 0.15) is 5.75 Å². The van der Waals surface area contributed by atoms with E-state index in [1.165, 1.54) is 18.4 Å². The summed E-state index contributed by atoms with van der Waals surface area (Å²) in [6.07, 6.45) is 2.43. The van der Waals surface area contributed by atoms with Gasteiger partial charge in [-0.3, -0.25) is 4.90 Å². The monoisotopic (exact) mass is 554 g/mol. The Morgan fingerprint density at radius 2 is 1.72 bits per heavy atom. The van der Waals surface area contributed by atoms with Crippen molar-refractivity contribution in [1.29, 1.82) is 0 Å². The summed E-state index contributed by atoms with van der Waals surface area (Å²) in [5.41, 5.74) is 1.90. The summed E-state index contributed by atoms with van der Waals surface area (Å²) >= 11 is 0. The van der Waals surface area contributed by atoms with Crippen LogP contribution in [-0.2, 0) is 6.54 Å². The van der Waals surface area contributed by atoms with Crippen LogP contribution in [0.2, 0.25) is 0 Å². The van der Waals surface area contributed by atoms with Crippen molar-refractivity contribution in [2.45, 2.75) is 32.4 Å². The maximum Gasteiger partial charge on any atom is 0.191 e. The number of methoxy groups -OCH3 is 2. The molecular weight excluding hydrogens is 519 g/mol. The number of para-hydroxylation sites is 2. The van der Waals surface area contributed by atoms with Gasteiger partial charge in [-0.1, -0.05) is 30.3 Å². The smallest absolute Gasteiger partial charge is 0.191 e. The van der Waals surface area contributed by atoms with Crippen molar-refractivity contribution in [1.82, 2.24) is 15.5 Å². The molecule has 7 nitrogen and oxygen atoms in total. The van der Waals surface area contributed by atoms with Crippen molar-refractivity contribution in [3.05, 3.63) is 53.6 Å². The highest BCUT2D eigenvalue weighted by Gasteiger charge is 2.26. The zero-order chi connectivity index (χ0) is 22.1. The Labute approximate surface area is 208 Å². The van der Waals surface area contributed by atoms with Crippen LogP contribution in [0.15, 0.2) is 47.5 Å². The number of phenols is 1. The molecular formula is C24H35IN4O3. The lowest BCUT2D eigenvalue weighted by molar-refractivity contribution is 0.239. The van der Waals surface area contributed by atoms with E-state index in [1.54, 1.807) is 20.3 Å². The molecule has 3 rings (SSSR count). The summed E-state index contributed by atoms with van der Waals surface area (Å²) in [5, 5.41) is 17.1. The van der Waals surface area contributed by atoms with E-state index < -0.39 is 0 Å². The Balaban J connectivity index is 0.00000363. The van der Waals surface area contributed by atoms with Crippen molar-refractivity contribution in [3.63, 3.8) is 0 Å². The number of rotatable bonds is 9. The van der Waals surface area contributed by atoms with Gasteiger partial charge in [-0.2, -0.15) is 0 Å². The van der Waals surface area contributed by atoms with Crippen molar-refractivity contribution in [3.8, 4) is 17.2 Å². The summed E-state index contributed by atoms with van der Waals surface area (Å²) in [5.74, 6) is 2.21. The number of aromatic hydroxyl groups is 1. The van der Waals surface area contributed by atoms with Crippen LogP contribution >= 0.6 is 24.0 Å². The molecule has 176 valence electrons. The number of halogens is 1. The van der Waals surface area contributed by atoms with E-state index in [1.807, 2.05) is 31.2 Å². The molecule has 1 aliphatic heterocycles. The van der Waals surface area contributed by atoms with E-state index in [0.717, 1.165) is 30.9 Å². The van der Waals surface area contributed by atoms with Gasteiger partial charge in [-0.15, -0.1) is 24.0 Å². The predicted molar refractivity (Wildman–Crippen MR) is 139 cm³/mol. The Kier molecular flexibility index (Phi) is 10.9. The van der Waals surface area contributed by atoms with Crippen molar-refractivity contribution in [2.75, 3.05) is 40.4 Å². The van der Waals surface area contributed by atoms with E-state index in [9.17, 15) is 5.11 Å². The molecule has 1 fully saturated rings. The molecule has 3 N–H and O–H groups in total. The van der Waals surface area contributed by atoms with Gasteiger partial charge in [-0.05, 0) is 45.0 Å². The van der Waals surface area contributed by atoms with Gasteiger partial charge < -0.3 is 25.2 Å². The molecule has 1 aliphatic rings. The van der Waals surface area contributed by atoms with E-state index in [0.29, 0.717) is 24.8 Å². The fraction of sp³-hybridized carbons (Fsp3) is 0.458. The third-order valence-electron chi connectivity index (χ3n) is 5.60. The predicted octanol–water partition coefficient (Wildman–Crippen LogP) is 3.92. The Hall–Kier alpha value is -2.20. The molecule has 1 heterocycles. The average molecular weight is 554 g/mol. The first-order chi connectivity index (χ1) is 15.2. The van der Waals surface area contributed by atoms with Crippen LogP contribution in [0.3, 0.4) is 0 Å². The molecule has 0 radical (unpaired) electrons. The number of nitrogens with one attached hydrogen (secondary N) is 2. The molecule has 1 atom stereocenters. The van der Waals surface area contributed by atoms with Crippen LogP contribution in [0.1, 0.15) is 36.9 Å². The second-order valence-electron chi connectivity index (χ2n) is 7.54. The van der Waals surface area contributed by atoms with E-state index in [2.05, 4.69) is 32.7 Å². The topological polar surface area (TPSA) is 78.4 Å². The summed E-state index contributed by atoms with van der Waals surface area (Å²) in [6, 6.07) is 13.9. The Bertz CT molecular complexity index is 872. The number of nitrogens with zero attached hydrogens (tertiary/aromatic N) is 2. The highest BCUT2D eigenvalue weighted by atomic mass is 127. The molecule has 2 aromatic rings. The molecule has 0 amide bonds. The highest BCUT2D eigenvalue weighted by Crippen LogP contribution is 2.31. The molecule has 2 aromatic carbocycles. The zero-order valence-corrected chi connectivity index (χ0v) is 21.5. The largest absolute Gasteiger partial charge is 0.504 e. The third-order valence-corrected chi connectivity index (χ3v) is 5.60. The van der Waals surface area contributed by atoms with Crippen LogP contribution in [0.5, 0.6) is 17.2 Å². The van der Waals surface area contributed by atoms with Crippen LogP contribution in [0.4, 0.5) is 0 Å². The van der Waals surface area contributed by atoms with E-state index in [-0.39, 0.29) is 35.8 Å². The molecule has 1 saturated heterocycles. The fourth-order valence-electron chi connectivity index (χ4n) is 3.99. The summed E-state index contributed by atoms with van der Waals surface area (Å²) in [4.78, 5) is 7.19. The van der Waals surface area contributed by atoms with Gasteiger partial charge in [-0.25, -0.2) is 4.99 Å². The second kappa shape index (κ2) is 13.4. The van der Waals surface area contributed by atoms with E-state index in [4.69, 9.17) is 9.47 Å². The SMILES string of the molecule is CCNC(=NCc1cccc(OC)c1O)NCC(c1ccccc1OC)N1CCCC1.I. The number of hydrogen-bond donors (Lipinski definition) is 3. The average Bonchev–Trinajstić information content (AvgIpc) is 3.33. The number of ether oxygens (including phenoxy) is 2. The first-order valence-electron chi connectivity index (χ1n) is 10.9.